The standard InChI is InChI=1S/C22H28N4O3.HI/c1-3-15(2)21(27)25-17-7-4-6-16(12-17)14-24-22(23)26-18-8-9-19-20(13-18)29-11-5-10-28-19;/h4,6-9,12-13,15H,3,5,10-11,14H2,1-2H3,(H,25,27)(H3,23,24,26);1H. The van der Waals surface area contributed by atoms with Gasteiger partial charge in [-0.2, -0.15) is 0 Å². The number of anilines is 2. The molecule has 8 heteroatoms. The molecule has 30 heavy (non-hydrogen) atoms. The Hall–Kier alpha value is -2.49. The van der Waals surface area contributed by atoms with Crippen LogP contribution in [0.4, 0.5) is 11.4 Å². The maximum Gasteiger partial charge on any atom is 0.227 e. The summed E-state index contributed by atoms with van der Waals surface area (Å²) < 4.78 is 11.3. The number of rotatable bonds is 6. The predicted molar refractivity (Wildman–Crippen MR) is 131 cm³/mol. The molecule has 162 valence electrons. The molecule has 1 heterocycles. The normalized spacial score (nSPS) is 14.1. The van der Waals surface area contributed by atoms with E-state index in [1.54, 1.807) is 0 Å². The number of hydrogen-bond donors (Lipinski definition) is 3. The lowest BCUT2D eigenvalue weighted by Crippen LogP contribution is -2.22. The largest absolute Gasteiger partial charge is 0.490 e. The zero-order valence-corrected chi connectivity index (χ0v) is 19.6. The Morgan fingerprint density at radius 3 is 2.60 bits per heavy atom. The number of halogens is 1. The number of guanidine groups is 1. The number of carbonyl (C=O) groups is 1. The lowest BCUT2D eigenvalue weighted by molar-refractivity contribution is -0.119. The quantitative estimate of drug-likeness (QED) is 0.296. The van der Waals surface area contributed by atoms with E-state index in [1.807, 2.05) is 56.3 Å². The molecular formula is C22H29IN4O3. The van der Waals surface area contributed by atoms with Crippen LogP contribution in [0.25, 0.3) is 0 Å². The Kier molecular flexibility index (Phi) is 9.22. The number of nitrogens with two attached hydrogens (primary N) is 1. The molecule has 1 atom stereocenters. The molecule has 3 rings (SSSR count). The van der Waals surface area contributed by atoms with Gasteiger partial charge in [0.05, 0.1) is 19.8 Å². The van der Waals surface area contributed by atoms with Crippen LogP contribution in [-0.2, 0) is 11.3 Å². The highest BCUT2D eigenvalue weighted by Crippen LogP contribution is 2.32. The molecule has 0 spiro atoms. The summed E-state index contributed by atoms with van der Waals surface area (Å²) in [5.41, 5.74) is 8.53. The highest BCUT2D eigenvalue weighted by Gasteiger charge is 2.12. The van der Waals surface area contributed by atoms with E-state index in [0.717, 1.165) is 35.5 Å². The van der Waals surface area contributed by atoms with Crippen molar-refractivity contribution < 1.29 is 14.3 Å². The van der Waals surface area contributed by atoms with Gasteiger partial charge in [0, 0.05) is 29.8 Å². The molecule has 0 aromatic heterocycles. The second-order valence-corrected chi connectivity index (χ2v) is 7.04. The summed E-state index contributed by atoms with van der Waals surface area (Å²) in [6.07, 6.45) is 1.66. The third-order valence-corrected chi connectivity index (χ3v) is 4.71. The molecule has 0 aliphatic carbocycles. The van der Waals surface area contributed by atoms with E-state index < -0.39 is 0 Å². The van der Waals surface area contributed by atoms with Gasteiger partial charge in [0.2, 0.25) is 5.91 Å². The smallest absolute Gasteiger partial charge is 0.227 e. The van der Waals surface area contributed by atoms with Crippen LogP contribution in [0.5, 0.6) is 11.5 Å². The molecule has 1 aliphatic heterocycles. The molecule has 0 bridgehead atoms. The van der Waals surface area contributed by atoms with Gasteiger partial charge in [-0.25, -0.2) is 4.99 Å². The van der Waals surface area contributed by atoms with Gasteiger partial charge < -0.3 is 25.8 Å². The van der Waals surface area contributed by atoms with Crippen LogP contribution in [-0.4, -0.2) is 25.1 Å². The van der Waals surface area contributed by atoms with Crippen LogP contribution >= 0.6 is 24.0 Å². The topological polar surface area (TPSA) is 98.0 Å². The van der Waals surface area contributed by atoms with E-state index in [1.165, 1.54) is 0 Å². The van der Waals surface area contributed by atoms with Gasteiger partial charge in [0.15, 0.2) is 17.5 Å². The SMILES string of the molecule is CCC(C)C(=O)Nc1cccc(CN=C(N)Nc2ccc3c(c2)OCCCO3)c1.I. The third-order valence-electron chi connectivity index (χ3n) is 4.71. The summed E-state index contributed by atoms with van der Waals surface area (Å²) >= 11 is 0. The van der Waals surface area contributed by atoms with E-state index in [-0.39, 0.29) is 35.8 Å². The minimum Gasteiger partial charge on any atom is -0.490 e. The molecule has 2 aromatic rings. The fourth-order valence-electron chi connectivity index (χ4n) is 2.80. The van der Waals surface area contributed by atoms with Crippen molar-refractivity contribution in [2.24, 2.45) is 16.6 Å². The zero-order valence-electron chi connectivity index (χ0n) is 17.3. The van der Waals surface area contributed by atoms with Gasteiger partial charge >= 0.3 is 0 Å². The number of nitrogens with one attached hydrogen (secondary N) is 2. The van der Waals surface area contributed by atoms with Crippen molar-refractivity contribution in [3.63, 3.8) is 0 Å². The Balaban J connectivity index is 0.00000320. The number of benzene rings is 2. The average molecular weight is 524 g/mol. The number of aliphatic imine (C=N–C) groups is 1. The van der Waals surface area contributed by atoms with Crippen LogP contribution in [0.2, 0.25) is 0 Å². The van der Waals surface area contributed by atoms with Gasteiger partial charge in [0.25, 0.3) is 0 Å². The Bertz CT molecular complexity index is 888. The summed E-state index contributed by atoms with van der Waals surface area (Å²) in [6, 6.07) is 13.2. The number of fused-ring (bicyclic) bond motifs is 1. The Labute approximate surface area is 194 Å². The van der Waals surface area contributed by atoms with Crippen LogP contribution in [0.1, 0.15) is 32.3 Å². The summed E-state index contributed by atoms with van der Waals surface area (Å²) in [6.45, 7) is 5.59. The molecule has 4 N–H and O–H groups in total. The fraction of sp³-hybridized carbons (Fsp3) is 0.364. The molecule has 1 amide bonds. The van der Waals surface area contributed by atoms with Crippen molar-refractivity contribution in [2.75, 3.05) is 23.8 Å². The number of nitrogens with zero attached hydrogens (tertiary/aromatic N) is 1. The lowest BCUT2D eigenvalue weighted by Gasteiger charge is -2.11. The van der Waals surface area contributed by atoms with Crippen molar-refractivity contribution in [3.05, 3.63) is 48.0 Å². The highest BCUT2D eigenvalue weighted by atomic mass is 127. The summed E-state index contributed by atoms with van der Waals surface area (Å²) in [5, 5.41) is 6.01. The van der Waals surface area contributed by atoms with Crippen molar-refractivity contribution in [1.82, 2.24) is 0 Å². The van der Waals surface area contributed by atoms with E-state index in [0.29, 0.717) is 31.5 Å². The van der Waals surface area contributed by atoms with Crippen LogP contribution in [0.15, 0.2) is 47.5 Å². The minimum atomic E-state index is -0.0215. The maximum atomic E-state index is 12.1. The third kappa shape index (κ3) is 6.79. The van der Waals surface area contributed by atoms with Crippen LogP contribution in [0, 0.1) is 5.92 Å². The Morgan fingerprint density at radius 2 is 1.83 bits per heavy atom. The van der Waals surface area contributed by atoms with Crippen molar-refractivity contribution >= 4 is 47.2 Å². The first kappa shape index (κ1) is 23.8. The first-order valence-electron chi connectivity index (χ1n) is 9.91. The first-order valence-corrected chi connectivity index (χ1v) is 9.91. The van der Waals surface area contributed by atoms with Gasteiger partial charge in [-0.05, 0) is 36.2 Å². The van der Waals surface area contributed by atoms with Gasteiger partial charge in [-0.3, -0.25) is 4.79 Å². The van der Waals surface area contributed by atoms with E-state index >= 15 is 0 Å². The molecule has 1 aliphatic rings. The number of hydrogen-bond acceptors (Lipinski definition) is 4. The molecule has 2 aromatic carbocycles. The Morgan fingerprint density at radius 1 is 1.10 bits per heavy atom. The molecule has 0 saturated carbocycles. The van der Waals surface area contributed by atoms with Crippen LogP contribution < -0.4 is 25.8 Å². The predicted octanol–water partition coefficient (Wildman–Crippen LogP) is 4.38. The van der Waals surface area contributed by atoms with Crippen LogP contribution in [0.3, 0.4) is 0 Å². The van der Waals surface area contributed by atoms with Gasteiger partial charge in [0.1, 0.15) is 0 Å². The molecular weight excluding hydrogens is 495 g/mol. The minimum absolute atomic E-state index is 0. The first-order chi connectivity index (χ1) is 14.0. The van der Waals surface area contributed by atoms with E-state index in [4.69, 9.17) is 15.2 Å². The number of carbonyl (C=O) groups excluding carboxylic acids is 1. The van der Waals surface area contributed by atoms with Crippen molar-refractivity contribution in [2.45, 2.75) is 33.2 Å². The lowest BCUT2D eigenvalue weighted by atomic mass is 10.1. The van der Waals surface area contributed by atoms with E-state index in [9.17, 15) is 4.79 Å². The molecule has 0 saturated heterocycles. The fourth-order valence-corrected chi connectivity index (χ4v) is 2.80. The number of amides is 1. The summed E-state index contributed by atoms with van der Waals surface area (Å²) in [4.78, 5) is 16.5. The van der Waals surface area contributed by atoms with Gasteiger partial charge in [-0.1, -0.05) is 26.0 Å². The maximum absolute atomic E-state index is 12.1. The summed E-state index contributed by atoms with van der Waals surface area (Å²) in [5.74, 6) is 1.73. The zero-order chi connectivity index (χ0) is 20.6. The monoisotopic (exact) mass is 524 g/mol. The molecule has 0 radical (unpaired) electrons. The molecule has 0 fully saturated rings. The van der Waals surface area contributed by atoms with Crippen molar-refractivity contribution in [3.8, 4) is 11.5 Å². The molecule has 7 nitrogen and oxygen atoms in total. The molecule has 1 unspecified atom stereocenters. The van der Waals surface area contributed by atoms with Gasteiger partial charge in [-0.15, -0.1) is 24.0 Å². The summed E-state index contributed by atoms with van der Waals surface area (Å²) in [7, 11) is 0. The average Bonchev–Trinajstić information content (AvgIpc) is 2.97. The second-order valence-electron chi connectivity index (χ2n) is 7.04. The van der Waals surface area contributed by atoms with E-state index in [2.05, 4.69) is 15.6 Å². The second kappa shape index (κ2) is 11.6. The van der Waals surface area contributed by atoms with Crippen molar-refractivity contribution in [1.29, 1.82) is 0 Å². The highest BCUT2D eigenvalue weighted by molar-refractivity contribution is 14.0. The number of ether oxygens (including phenoxy) is 2.